The molecule has 158 valence electrons. The van der Waals surface area contributed by atoms with Gasteiger partial charge in [-0.05, 0) is 42.3 Å². The van der Waals surface area contributed by atoms with E-state index in [4.69, 9.17) is 16.0 Å². The molecule has 8 heteroatoms. The highest BCUT2D eigenvalue weighted by Gasteiger charge is 2.17. The molecule has 0 unspecified atom stereocenters. The summed E-state index contributed by atoms with van der Waals surface area (Å²) in [5.74, 6) is 1.55. The second-order valence-corrected chi connectivity index (χ2v) is 8.21. The van der Waals surface area contributed by atoms with Crippen molar-refractivity contribution in [1.29, 1.82) is 0 Å². The Morgan fingerprint density at radius 1 is 1.13 bits per heavy atom. The number of rotatable bonds is 8. The van der Waals surface area contributed by atoms with E-state index in [-0.39, 0.29) is 11.7 Å². The van der Waals surface area contributed by atoms with Crippen LogP contribution in [-0.2, 0) is 17.8 Å². The van der Waals surface area contributed by atoms with Gasteiger partial charge in [-0.3, -0.25) is 9.36 Å². The molecule has 6 nitrogen and oxygen atoms in total. The van der Waals surface area contributed by atoms with Crippen molar-refractivity contribution in [2.75, 3.05) is 11.1 Å². The SMILES string of the molecule is CCc1ccccc1NC(=O)CSc1nnc(-c2cccc(Cl)c2)n1Cc1ccco1. The van der Waals surface area contributed by atoms with E-state index in [2.05, 4.69) is 22.4 Å². The Balaban J connectivity index is 1.54. The maximum atomic E-state index is 12.6. The first-order chi connectivity index (χ1) is 15.1. The standard InChI is InChI=1S/C23H21ClN4O2S/c1-2-16-7-3-4-11-20(16)25-21(29)15-31-23-27-26-22(17-8-5-9-18(24)13-17)28(23)14-19-10-6-12-30-19/h3-13H,2,14-15H2,1H3,(H,25,29). The number of anilines is 1. The Labute approximate surface area is 189 Å². The zero-order valence-corrected chi connectivity index (χ0v) is 18.5. The number of carbonyl (C=O) groups excluding carboxylic acids is 1. The maximum absolute atomic E-state index is 12.6. The van der Waals surface area contributed by atoms with Gasteiger partial charge in [-0.25, -0.2) is 0 Å². The average molecular weight is 453 g/mol. The van der Waals surface area contributed by atoms with Crippen LogP contribution in [0.25, 0.3) is 11.4 Å². The Morgan fingerprint density at radius 2 is 2.00 bits per heavy atom. The number of nitrogens with zero attached hydrogens (tertiary/aromatic N) is 3. The summed E-state index contributed by atoms with van der Waals surface area (Å²) >= 11 is 7.50. The third kappa shape index (κ3) is 5.18. The van der Waals surface area contributed by atoms with E-state index in [1.54, 1.807) is 6.26 Å². The van der Waals surface area contributed by atoms with Crippen LogP contribution in [0.3, 0.4) is 0 Å². The Morgan fingerprint density at radius 3 is 2.77 bits per heavy atom. The number of hydrogen-bond donors (Lipinski definition) is 1. The van der Waals surface area contributed by atoms with Gasteiger partial charge in [0, 0.05) is 16.3 Å². The first-order valence-corrected chi connectivity index (χ1v) is 11.2. The van der Waals surface area contributed by atoms with Gasteiger partial charge in [-0.2, -0.15) is 0 Å². The lowest BCUT2D eigenvalue weighted by Crippen LogP contribution is -2.16. The molecule has 0 saturated carbocycles. The number of halogens is 1. The predicted octanol–water partition coefficient (Wildman–Crippen LogP) is 5.53. The lowest BCUT2D eigenvalue weighted by molar-refractivity contribution is -0.113. The first-order valence-electron chi connectivity index (χ1n) is 9.86. The second kappa shape index (κ2) is 9.85. The minimum atomic E-state index is -0.0947. The lowest BCUT2D eigenvalue weighted by Gasteiger charge is -2.11. The molecule has 0 saturated heterocycles. The zero-order valence-electron chi connectivity index (χ0n) is 16.9. The number of amides is 1. The summed E-state index contributed by atoms with van der Waals surface area (Å²) < 4.78 is 7.45. The van der Waals surface area contributed by atoms with Crippen LogP contribution >= 0.6 is 23.4 Å². The molecule has 31 heavy (non-hydrogen) atoms. The lowest BCUT2D eigenvalue weighted by atomic mass is 10.1. The highest BCUT2D eigenvalue weighted by molar-refractivity contribution is 7.99. The molecule has 0 radical (unpaired) electrons. The number of aryl methyl sites for hydroxylation is 1. The minimum absolute atomic E-state index is 0.0947. The van der Waals surface area contributed by atoms with Gasteiger partial charge in [0.1, 0.15) is 5.76 Å². The first kappa shape index (κ1) is 21.2. The fraction of sp³-hybridized carbons (Fsp3) is 0.174. The topological polar surface area (TPSA) is 73.0 Å². The average Bonchev–Trinajstić information content (AvgIpc) is 3.43. The third-order valence-corrected chi connectivity index (χ3v) is 5.90. The summed E-state index contributed by atoms with van der Waals surface area (Å²) in [5.41, 5.74) is 2.79. The Kier molecular flexibility index (Phi) is 6.74. The molecule has 2 heterocycles. The van der Waals surface area contributed by atoms with Crippen molar-refractivity contribution < 1.29 is 9.21 Å². The number of benzene rings is 2. The molecule has 0 aliphatic heterocycles. The zero-order chi connectivity index (χ0) is 21.6. The van der Waals surface area contributed by atoms with E-state index in [1.165, 1.54) is 11.8 Å². The molecule has 0 fully saturated rings. The predicted molar refractivity (Wildman–Crippen MR) is 123 cm³/mol. The number of hydrogen-bond acceptors (Lipinski definition) is 5. The number of thioether (sulfide) groups is 1. The molecular formula is C23H21ClN4O2S. The second-order valence-electron chi connectivity index (χ2n) is 6.83. The van der Waals surface area contributed by atoms with Crippen molar-refractivity contribution in [3.63, 3.8) is 0 Å². The van der Waals surface area contributed by atoms with Crippen LogP contribution in [-0.4, -0.2) is 26.4 Å². The molecule has 4 aromatic rings. The molecule has 0 aliphatic rings. The van der Waals surface area contributed by atoms with Crippen molar-refractivity contribution >= 4 is 35.0 Å². The van der Waals surface area contributed by atoms with E-state index in [9.17, 15) is 4.79 Å². The summed E-state index contributed by atoms with van der Waals surface area (Å²) in [5, 5.41) is 12.9. The van der Waals surface area contributed by atoms with Crippen molar-refractivity contribution in [2.45, 2.75) is 25.0 Å². The molecule has 1 N–H and O–H groups in total. The molecule has 0 aliphatic carbocycles. The normalized spacial score (nSPS) is 10.9. The van der Waals surface area contributed by atoms with Crippen molar-refractivity contribution in [3.05, 3.63) is 83.3 Å². The summed E-state index contributed by atoms with van der Waals surface area (Å²) in [6.45, 7) is 2.51. The van der Waals surface area contributed by atoms with E-state index < -0.39 is 0 Å². The smallest absolute Gasteiger partial charge is 0.234 e. The van der Waals surface area contributed by atoms with E-state index in [0.717, 1.165) is 29.0 Å². The highest BCUT2D eigenvalue weighted by atomic mass is 35.5. The third-order valence-electron chi connectivity index (χ3n) is 4.70. The molecular weight excluding hydrogens is 432 g/mol. The molecule has 4 rings (SSSR count). The van der Waals surface area contributed by atoms with Gasteiger partial charge < -0.3 is 9.73 Å². The van der Waals surface area contributed by atoms with E-state index in [1.807, 2.05) is 65.2 Å². The van der Waals surface area contributed by atoms with Crippen LogP contribution in [0.2, 0.25) is 5.02 Å². The van der Waals surface area contributed by atoms with Gasteiger partial charge in [-0.15, -0.1) is 10.2 Å². The fourth-order valence-corrected chi connectivity index (χ4v) is 4.13. The van der Waals surface area contributed by atoms with E-state index in [0.29, 0.717) is 22.5 Å². The van der Waals surface area contributed by atoms with Gasteiger partial charge in [0.25, 0.3) is 0 Å². The Bertz CT molecular complexity index is 1170. The minimum Gasteiger partial charge on any atom is -0.467 e. The number of carbonyl (C=O) groups is 1. The molecule has 0 atom stereocenters. The van der Waals surface area contributed by atoms with Gasteiger partial charge in [0.05, 0.1) is 18.6 Å². The number of para-hydroxylation sites is 1. The van der Waals surface area contributed by atoms with Crippen LogP contribution in [0, 0.1) is 0 Å². The van der Waals surface area contributed by atoms with Gasteiger partial charge in [0.2, 0.25) is 5.91 Å². The number of aromatic nitrogens is 3. The summed E-state index contributed by atoms with van der Waals surface area (Å²) in [6.07, 6.45) is 2.48. The van der Waals surface area contributed by atoms with Gasteiger partial charge >= 0.3 is 0 Å². The van der Waals surface area contributed by atoms with Crippen LogP contribution in [0.5, 0.6) is 0 Å². The number of furan rings is 1. The van der Waals surface area contributed by atoms with Crippen LogP contribution in [0.1, 0.15) is 18.2 Å². The quantitative estimate of drug-likeness (QED) is 0.356. The van der Waals surface area contributed by atoms with Gasteiger partial charge in [0.15, 0.2) is 11.0 Å². The molecule has 1 amide bonds. The largest absolute Gasteiger partial charge is 0.467 e. The monoisotopic (exact) mass is 452 g/mol. The fourth-order valence-electron chi connectivity index (χ4n) is 3.20. The summed E-state index contributed by atoms with van der Waals surface area (Å²) in [6, 6.07) is 19.0. The van der Waals surface area contributed by atoms with Gasteiger partial charge in [-0.1, -0.05) is 60.6 Å². The maximum Gasteiger partial charge on any atom is 0.234 e. The van der Waals surface area contributed by atoms with Crippen molar-refractivity contribution in [3.8, 4) is 11.4 Å². The number of nitrogens with one attached hydrogen (secondary N) is 1. The molecule has 0 bridgehead atoms. The highest BCUT2D eigenvalue weighted by Crippen LogP contribution is 2.27. The van der Waals surface area contributed by atoms with E-state index >= 15 is 0 Å². The van der Waals surface area contributed by atoms with Crippen LogP contribution in [0.4, 0.5) is 5.69 Å². The molecule has 0 spiro atoms. The Hall–Kier alpha value is -3.03. The summed E-state index contributed by atoms with van der Waals surface area (Å²) in [4.78, 5) is 12.6. The summed E-state index contributed by atoms with van der Waals surface area (Å²) in [7, 11) is 0. The van der Waals surface area contributed by atoms with Crippen LogP contribution < -0.4 is 5.32 Å². The molecule has 2 aromatic carbocycles. The van der Waals surface area contributed by atoms with Crippen molar-refractivity contribution in [1.82, 2.24) is 14.8 Å². The van der Waals surface area contributed by atoms with Crippen molar-refractivity contribution in [2.24, 2.45) is 0 Å². The molecule has 2 aromatic heterocycles. The van der Waals surface area contributed by atoms with Crippen LogP contribution in [0.15, 0.2) is 76.5 Å².